The Hall–Kier alpha value is -1.41. The molecule has 6 nitrogen and oxygen atoms in total. The second-order valence-corrected chi connectivity index (χ2v) is 6.84. The lowest BCUT2D eigenvalue weighted by molar-refractivity contribution is 0.600. The van der Waals surface area contributed by atoms with Crippen LogP contribution in [0.4, 0.5) is 5.13 Å². The van der Waals surface area contributed by atoms with Crippen LogP contribution in [0.15, 0.2) is 11.1 Å². The van der Waals surface area contributed by atoms with E-state index in [9.17, 15) is 8.42 Å². The fraction of sp³-hybridized carbons (Fsp3) is 0.400. The number of nitrogens with zero attached hydrogens (tertiary/aromatic N) is 3. The van der Waals surface area contributed by atoms with Gasteiger partial charge in [-0.2, -0.15) is 5.10 Å². The molecule has 2 heterocycles. The fourth-order valence-corrected chi connectivity index (χ4v) is 3.68. The SMILES string of the molecule is Cc1nc(NS(=O)(=O)c2cnn(C)c2C)sc1C. The number of anilines is 1. The van der Waals surface area contributed by atoms with Gasteiger partial charge in [-0.1, -0.05) is 0 Å². The summed E-state index contributed by atoms with van der Waals surface area (Å²) in [5, 5.41) is 4.31. The third-order valence-electron chi connectivity index (χ3n) is 2.73. The number of thiazole rings is 1. The molecule has 0 unspecified atom stereocenters. The molecule has 0 aliphatic heterocycles. The molecule has 0 spiro atoms. The second kappa shape index (κ2) is 4.36. The molecular weight excluding hydrogens is 272 g/mol. The Balaban J connectivity index is 2.36. The Morgan fingerprint density at radius 3 is 2.44 bits per heavy atom. The molecule has 0 fully saturated rings. The van der Waals surface area contributed by atoms with Gasteiger partial charge in [-0.3, -0.25) is 9.40 Å². The summed E-state index contributed by atoms with van der Waals surface area (Å²) in [6.45, 7) is 5.46. The van der Waals surface area contributed by atoms with Crippen molar-refractivity contribution >= 4 is 26.5 Å². The van der Waals surface area contributed by atoms with Crippen LogP contribution >= 0.6 is 11.3 Å². The molecule has 0 bridgehead atoms. The average molecular weight is 286 g/mol. The van der Waals surface area contributed by atoms with Crippen molar-refractivity contribution < 1.29 is 8.42 Å². The number of hydrogen-bond acceptors (Lipinski definition) is 5. The highest BCUT2D eigenvalue weighted by Gasteiger charge is 2.21. The lowest BCUT2D eigenvalue weighted by Gasteiger charge is -2.03. The molecular formula is C10H14N4O2S2. The molecule has 98 valence electrons. The highest BCUT2D eigenvalue weighted by atomic mass is 32.2. The number of aromatic nitrogens is 3. The molecule has 0 aromatic carbocycles. The first-order chi connectivity index (χ1) is 8.31. The Labute approximate surface area is 110 Å². The average Bonchev–Trinajstić information content (AvgIpc) is 2.73. The van der Waals surface area contributed by atoms with E-state index in [1.165, 1.54) is 22.2 Å². The Morgan fingerprint density at radius 2 is 2.00 bits per heavy atom. The standard InChI is InChI=1S/C10H14N4O2S2/c1-6-8(3)17-10(12-6)13-18(15,16)9-5-11-14(4)7(9)2/h5H,1-4H3,(H,12,13). The summed E-state index contributed by atoms with van der Waals surface area (Å²) in [6.07, 6.45) is 1.34. The van der Waals surface area contributed by atoms with Crippen LogP contribution in [0.5, 0.6) is 0 Å². The summed E-state index contributed by atoms with van der Waals surface area (Å²) in [6, 6.07) is 0. The molecule has 2 aromatic rings. The first-order valence-electron chi connectivity index (χ1n) is 5.26. The molecule has 0 saturated carbocycles. The van der Waals surface area contributed by atoms with Gasteiger partial charge < -0.3 is 0 Å². The third kappa shape index (κ3) is 2.25. The zero-order chi connectivity index (χ0) is 13.5. The van der Waals surface area contributed by atoms with E-state index < -0.39 is 10.0 Å². The summed E-state index contributed by atoms with van der Waals surface area (Å²) < 4.78 is 28.3. The topological polar surface area (TPSA) is 76.9 Å². The van der Waals surface area contributed by atoms with Gasteiger partial charge in [0.15, 0.2) is 5.13 Å². The van der Waals surface area contributed by atoms with Crippen molar-refractivity contribution in [1.29, 1.82) is 0 Å². The maximum atomic E-state index is 12.2. The van der Waals surface area contributed by atoms with E-state index in [4.69, 9.17) is 0 Å². The summed E-state index contributed by atoms with van der Waals surface area (Å²) in [4.78, 5) is 5.33. The minimum atomic E-state index is -3.61. The zero-order valence-corrected chi connectivity index (χ0v) is 12.2. The molecule has 0 saturated heterocycles. The van der Waals surface area contributed by atoms with Gasteiger partial charge in [-0.15, -0.1) is 11.3 Å². The van der Waals surface area contributed by atoms with Crippen LogP contribution in [0.2, 0.25) is 0 Å². The second-order valence-electron chi connectivity index (χ2n) is 3.98. The van der Waals surface area contributed by atoms with Gasteiger partial charge in [0.2, 0.25) is 0 Å². The fourth-order valence-electron chi connectivity index (χ4n) is 1.43. The number of nitrogens with one attached hydrogen (secondary N) is 1. The van der Waals surface area contributed by atoms with E-state index >= 15 is 0 Å². The van der Waals surface area contributed by atoms with Crippen molar-refractivity contribution in [3.8, 4) is 0 Å². The van der Waals surface area contributed by atoms with Crippen molar-refractivity contribution in [3.63, 3.8) is 0 Å². The van der Waals surface area contributed by atoms with Gasteiger partial charge in [-0.25, -0.2) is 13.4 Å². The maximum Gasteiger partial charge on any atom is 0.267 e. The quantitative estimate of drug-likeness (QED) is 0.929. The largest absolute Gasteiger partial charge is 0.272 e. The van der Waals surface area contributed by atoms with Crippen molar-refractivity contribution in [2.75, 3.05) is 4.72 Å². The molecule has 0 aliphatic carbocycles. The molecule has 0 atom stereocenters. The van der Waals surface area contributed by atoms with E-state index in [1.807, 2.05) is 13.8 Å². The zero-order valence-electron chi connectivity index (χ0n) is 10.6. The highest BCUT2D eigenvalue weighted by Crippen LogP contribution is 2.24. The van der Waals surface area contributed by atoms with Crippen LogP contribution in [-0.2, 0) is 17.1 Å². The van der Waals surface area contributed by atoms with E-state index in [0.29, 0.717) is 10.8 Å². The third-order valence-corrected chi connectivity index (χ3v) is 5.29. The molecule has 2 rings (SSSR count). The minimum Gasteiger partial charge on any atom is -0.272 e. The van der Waals surface area contributed by atoms with Crippen molar-refractivity contribution in [2.24, 2.45) is 7.05 Å². The molecule has 18 heavy (non-hydrogen) atoms. The van der Waals surface area contributed by atoms with Gasteiger partial charge in [0.25, 0.3) is 10.0 Å². The molecule has 0 aliphatic rings. The van der Waals surface area contributed by atoms with E-state index in [2.05, 4.69) is 14.8 Å². The van der Waals surface area contributed by atoms with Crippen molar-refractivity contribution in [2.45, 2.75) is 25.7 Å². The van der Waals surface area contributed by atoms with Crippen molar-refractivity contribution in [1.82, 2.24) is 14.8 Å². The number of aryl methyl sites for hydroxylation is 3. The van der Waals surface area contributed by atoms with E-state index in [0.717, 1.165) is 10.6 Å². The van der Waals surface area contributed by atoms with Gasteiger partial charge in [-0.05, 0) is 20.8 Å². The first kappa shape index (κ1) is 13.0. The molecule has 1 N–H and O–H groups in total. The lowest BCUT2D eigenvalue weighted by atomic mass is 10.4. The lowest BCUT2D eigenvalue weighted by Crippen LogP contribution is -2.13. The minimum absolute atomic E-state index is 0.176. The van der Waals surface area contributed by atoms with E-state index in [-0.39, 0.29) is 4.90 Å². The number of sulfonamides is 1. The van der Waals surface area contributed by atoms with E-state index in [1.54, 1.807) is 14.0 Å². The predicted octanol–water partition coefficient (Wildman–Crippen LogP) is 1.60. The molecule has 2 aromatic heterocycles. The van der Waals surface area contributed by atoms with Crippen molar-refractivity contribution in [3.05, 3.63) is 22.5 Å². The summed E-state index contributed by atoms with van der Waals surface area (Å²) in [5.41, 5.74) is 1.42. The number of rotatable bonds is 3. The normalized spacial score (nSPS) is 11.8. The van der Waals surface area contributed by atoms with Gasteiger partial charge in [0.05, 0.1) is 17.6 Å². The van der Waals surface area contributed by atoms with Crippen LogP contribution in [0, 0.1) is 20.8 Å². The smallest absolute Gasteiger partial charge is 0.267 e. The van der Waals surface area contributed by atoms with Crippen LogP contribution in [0.3, 0.4) is 0 Å². The highest BCUT2D eigenvalue weighted by molar-refractivity contribution is 7.93. The Kier molecular flexibility index (Phi) is 3.16. The van der Waals surface area contributed by atoms with Gasteiger partial charge in [0.1, 0.15) is 4.90 Å². The van der Waals surface area contributed by atoms with Crippen LogP contribution in [0.25, 0.3) is 0 Å². The number of hydrogen-bond donors (Lipinski definition) is 1. The molecule has 0 amide bonds. The summed E-state index contributed by atoms with van der Waals surface area (Å²) >= 11 is 1.32. The van der Waals surface area contributed by atoms with Gasteiger partial charge in [0, 0.05) is 11.9 Å². The monoisotopic (exact) mass is 286 g/mol. The first-order valence-corrected chi connectivity index (χ1v) is 7.56. The van der Waals surface area contributed by atoms with Crippen LogP contribution in [-0.4, -0.2) is 23.2 Å². The van der Waals surface area contributed by atoms with Crippen LogP contribution < -0.4 is 4.72 Å². The molecule has 8 heteroatoms. The summed E-state index contributed by atoms with van der Waals surface area (Å²) in [5.74, 6) is 0. The predicted molar refractivity (Wildman–Crippen MR) is 70.3 cm³/mol. The Bertz CT molecular complexity index is 665. The maximum absolute atomic E-state index is 12.2. The summed E-state index contributed by atoms with van der Waals surface area (Å²) in [7, 11) is -1.91. The van der Waals surface area contributed by atoms with Gasteiger partial charge >= 0.3 is 0 Å². The van der Waals surface area contributed by atoms with Crippen LogP contribution in [0.1, 0.15) is 16.3 Å². The molecule has 0 radical (unpaired) electrons. The Morgan fingerprint density at radius 1 is 1.33 bits per heavy atom.